The highest BCUT2D eigenvalue weighted by molar-refractivity contribution is 5.88. The third kappa shape index (κ3) is 5.11. The highest BCUT2D eigenvalue weighted by Crippen LogP contribution is 2.39. The zero-order valence-corrected chi connectivity index (χ0v) is 18.2. The van der Waals surface area contributed by atoms with Crippen LogP contribution in [-0.4, -0.2) is 97.9 Å². The van der Waals surface area contributed by atoms with E-state index in [1.54, 1.807) is 12.1 Å². The Hall–Kier alpha value is -2.32. The van der Waals surface area contributed by atoms with Gasteiger partial charge in [0, 0.05) is 0 Å². The van der Waals surface area contributed by atoms with Crippen LogP contribution in [0.4, 0.5) is 0 Å². The third-order valence-corrected chi connectivity index (χ3v) is 6.03. The second-order valence-corrected chi connectivity index (χ2v) is 8.44. The van der Waals surface area contributed by atoms with Crippen LogP contribution in [0.25, 0.3) is 0 Å². The molecular formula is C21H31N3O9. The summed E-state index contributed by atoms with van der Waals surface area (Å²) in [5.74, 6) is -1.67. The number of unbranched alkanes of at least 4 members (excludes halogenated alkanes) is 1. The number of hydrogen-bond donors (Lipinski definition) is 7. The second kappa shape index (κ2) is 10.3. The molecule has 0 spiro atoms. The van der Waals surface area contributed by atoms with E-state index >= 15 is 0 Å². The van der Waals surface area contributed by atoms with Gasteiger partial charge in [-0.25, -0.2) is 4.79 Å². The van der Waals surface area contributed by atoms with Crippen LogP contribution in [-0.2, 0) is 25.5 Å². The predicted molar refractivity (Wildman–Crippen MR) is 112 cm³/mol. The van der Waals surface area contributed by atoms with Crippen LogP contribution < -0.4 is 11.1 Å². The maximum absolute atomic E-state index is 12.8. The van der Waals surface area contributed by atoms with Gasteiger partial charge in [0.15, 0.2) is 6.23 Å². The number of phenols is 1. The number of benzene rings is 1. The Bertz CT molecular complexity index is 839. The molecule has 1 aromatic carbocycles. The summed E-state index contributed by atoms with van der Waals surface area (Å²) < 4.78 is 10.4. The van der Waals surface area contributed by atoms with Gasteiger partial charge in [0.1, 0.15) is 29.6 Å². The maximum atomic E-state index is 12.8. The lowest BCUT2D eigenvalue weighted by Gasteiger charge is -2.46. The first-order chi connectivity index (χ1) is 15.6. The summed E-state index contributed by atoms with van der Waals surface area (Å²) in [5, 5.41) is 54.4. The van der Waals surface area contributed by atoms with Crippen LogP contribution in [0, 0.1) is 0 Å². The number of nitrogens with zero attached hydrogens (tertiary/aromatic N) is 1. The van der Waals surface area contributed by atoms with E-state index in [4.69, 9.17) is 15.2 Å². The van der Waals surface area contributed by atoms with E-state index in [1.807, 2.05) is 6.92 Å². The second-order valence-electron chi connectivity index (χ2n) is 8.44. The van der Waals surface area contributed by atoms with Crippen molar-refractivity contribution in [2.75, 3.05) is 13.2 Å². The van der Waals surface area contributed by atoms with Gasteiger partial charge < -0.3 is 46.2 Å². The molecule has 2 fully saturated rings. The first-order valence-corrected chi connectivity index (χ1v) is 10.8. The highest BCUT2D eigenvalue weighted by Gasteiger charge is 2.65. The van der Waals surface area contributed by atoms with Crippen LogP contribution in [0.2, 0.25) is 0 Å². The van der Waals surface area contributed by atoms with Crippen LogP contribution in [0.15, 0.2) is 24.3 Å². The highest BCUT2D eigenvalue weighted by atomic mass is 16.6. The summed E-state index contributed by atoms with van der Waals surface area (Å²) >= 11 is 0. The molecular weight excluding hydrogens is 438 g/mol. The summed E-state index contributed by atoms with van der Waals surface area (Å²) in [7, 11) is 0. The van der Waals surface area contributed by atoms with Crippen molar-refractivity contribution in [2.24, 2.45) is 5.73 Å². The van der Waals surface area contributed by atoms with Crippen molar-refractivity contribution >= 4 is 11.9 Å². The van der Waals surface area contributed by atoms with Crippen LogP contribution in [0.3, 0.4) is 0 Å². The Morgan fingerprint density at radius 3 is 2.61 bits per heavy atom. The van der Waals surface area contributed by atoms with Crippen molar-refractivity contribution in [1.82, 2.24) is 10.4 Å². The van der Waals surface area contributed by atoms with E-state index in [0.29, 0.717) is 17.0 Å². The lowest BCUT2D eigenvalue weighted by atomic mass is 9.80. The lowest BCUT2D eigenvalue weighted by Crippen LogP contribution is -2.74. The number of esters is 1. The quantitative estimate of drug-likeness (QED) is 0.156. The Labute approximate surface area is 190 Å². The van der Waals surface area contributed by atoms with E-state index in [2.05, 4.69) is 5.32 Å². The molecule has 184 valence electrons. The molecule has 33 heavy (non-hydrogen) atoms. The molecule has 2 saturated heterocycles. The predicted octanol–water partition coefficient (Wildman–Crippen LogP) is -2.03. The van der Waals surface area contributed by atoms with E-state index in [0.717, 1.165) is 6.42 Å². The molecule has 0 aliphatic carbocycles. The van der Waals surface area contributed by atoms with Gasteiger partial charge in [-0.2, -0.15) is 5.06 Å². The normalized spacial score (nSPS) is 31.1. The molecule has 0 saturated carbocycles. The number of fused-ring (bicyclic) bond motifs is 2. The van der Waals surface area contributed by atoms with Crippen molar-refractivity contribution in [3.8, 4) is 5.75 Å². The summed E-state index contributed by atoms with van der Waals surface area (Å²) in [4.78, 5) is 25.7. The number of carbonyl (C=O) groups is 2. The standard InChI is InChI=1S/C21H31N3O9/c1-2-3-8-32-20(29)14(15-16(26)21(30)10-33-19(17(21)27)24(15)31)23-18(28)13(22)9-11-4-6-12(25)7-5-11/h4-7,13-17,19,25-27,30-31H,2-3,8-10,22H2,1H3,(H,23,28)/t13-,14?,15-,16-,17-,19-,21+/m0/s1. The SMILES string of the molecule is CCCCOC(=O)C(NC(=O)[C@@H](N)Cc1ccc(O)cc1)[C@H]1[C@H](O)[C@]2(O)CO[C@@H]([C@@H]2O)N1O. The number of piperidine rings is 1. The summed E-state index contributed by atoms with van der Waals surface area (Å²) in [6.45, 7) is 1.45. The number of aliphatic hydroxyl groups excluding tert-OH is 2. The molecule has 12 nitrogen and oxygen atoms in total. The van der Waals surface area contributed by atoms with Gasteiger partial charge in [0.25, 0.3) is 0 Å². The Morgan fingerprint density at radius 1 is 1.30 bits per heavy atom. The van der Waals surface area contributed by atoms with Gasteiger partial charge in [-0.3, -0.25) is 4.79 Å². The Kier molecular flexibility index (Phi) is 7.90. The Morgan fingerprint density at radius 2 is 1.97 bits per heavy atom. The van der Waals surface area contributed by atoms with Crippen molar-refractivity contribution in [2.45, 2.75) is 68.3 Å². The number of ether oxygens (including phenoxy) is 2. The third-order valence-electron chi connectivity index (χ3n) is 6.03. The van der Waals surface area contributed by atoms with Crippen molar-refractivity contribution in [3.63, 3.8) is 0 Å². The molecule has 1 aromatic rings. The first kappa shape index (κ1) is 25.3. The van der Waals surface area contributed by atoms with Gasteiger partial charge in [-0.05, 0) is 30.5 Å². The zero-order chi connectivity index (χ0) is 24.3. The largest absolute Gasteiger partial charge is 0.508 e. The molecule has 7 atom stereocenters. The molecule has 2 aliphatic heterocycles. The van der Waals surface area contributed by atoms with Crippen LogP contribution >= 0.6 is 0 Å². The molecule has 1 unspecified atom stereocenters. The number of carbonyl (C=O) groups excluding carboxylic acids is 2. The maximum Gasteiger partial charge on any atom is 0.330 e. The van der Waals surface area contributed by atoms with Crippen LogP contribution in [0.1, 0.15) is 25.3 Å². The fourth-order valence-corrected chi connectivity index (χ4v) is 4.00. The van der Waals surface area contributed by atoms with Crippen molar-refractivity contribution in [1.29, 1.82) is 0 Å². The minimum absolute atomic E-state index is 0.0440. The number of rotatable bonds is 9. The number of nitrogens with one attached hydrogen (secondary N) is 1. The topological polar surface area (TPSA) is 195 Å². The lowest BCUT2D eigenvalue weighted by molar-refractivity contribution is -0.298. The number of phenolic OH excluding ortho intramolecular Hbond substituents is 1. The molecule has 3 rings (SSSR count). The average Bonchev–Trinajstić information content (AvgIpc) is 3.04. The van der Waals surface area contributed by atoms with Crippen LogP contribution in [0.5, 0.6) is 5.75 Å². The molecule has 0 radical (unpaired) electrons. The van der Waals surface area contributed by atoms with E-state index in [-0.39, 0.29) is 18.8 Å². The summed E-state index contributed by atoms with van der Waals surface area (Å²) in [6, 6.07) is 1.74. The van der Waals surface area contributed by atoms with Gasteiger partial charge in [-0.15, -0.1) is 0 Å². The summed E-state index contributed by atoms with van der Waals surface area (Å²) in [6.07, 6.45) is -3.56. The van der Waals surface area contributed by atoms with Gasteiger partial charge >= 0.3 is 5.97 Å². The molecule has 2 bridgehead atoms. The molecule has 12 heteroatoms. The summed E-state index contributed by atoms with van der Waals surface area (Å²) in [5.41, 5.74) is 4.49. The molecule has 2 aliphatic rings. The molecule has 2 heterocycles. The number of nitrogens with two attached hydrogens (primary N) is 1. The van der Waals surface area contributed by atoms with Crippen molar-refractivity contribution in [3.05, 3.63) is 29.8 Å². The number of aliphatic hydroxyl groups is 3. The molecule has 1 amide bonds. The van der Waals surface area contributed by atoms with E-state index < -0.39 is 60.6 Å². The molecule has 8 N–H and O–H groups in total. The first-order valence-electron chi connectivity index (χ1n) is 10.8. The number of aromatic hydroxyl groups is 1. The van der Waals surface area contributed by atoms with E-state index in [1.165, 1.54) is 12.1 Å². The number of hydrogen-bond acceptors (Lipinski definition) is 11. The van der Waals surface area contributed by atoms with Gasteiger partial charge in [-0.1, -0.05) is 25.5 Å². The average molecular weight is 469 g/mol. The molecule has 0 aromatic heterocycles. The Balaban J connectivity index is 1.80. The van der Waals surface area contributed by atoms with Gasteiger partial charge in [0.2, 0.25) is 5.91 Å². The zero-order valence-electron chi connectivity index (χ0n) is 18.2. The number of hydroxylamine groups is 2. The number of amides is 1. The van der Waals surface area contributed by atoms with Crippen molar-refractivity contribution < 1.29 is 44.7 Å². The smallest absolute Gasteiger partial charge is 0.330 e. The monoisotopic (exact) mass is 469 g/mol. The van der Waals surface area contributed by atoms with Gasteiger partial charge in [0.05, 0.1) is 25.3 Å². The minimum atomic E-state index is -2.16. The fraction of sp³-hybridized carbons (Fsp3) is 0.619. The fourth-order valence-electron chi connectivity index (χ4n) is 4.00. The minimum Gasteiger partial charge on any atom is -0.508 e. The van der Waals surface area contributed by atoms with E-state index in [9.17, 15) is 35.2 Å².